The van der Waals surface area contributed by atoms with Gasteiger partial charge in [0.15, 0.2) is 9.84 Å². The zero-order valence-electron chi connectivity index (χ0n) is 12.0. The Kier molecular flexibility index (Phi) is 6.16. The first-order valence-corrected chi connectivity index (χ1v) is 8.27. The van der Waals surface area contributed by atoms with Crippen molar-refractivity contribution in [3.63, 3.8) is 0 Å². The molecule has 0 saturated carbocycles. The van der Waals surface area contributed by atoms with Crippen LogP contribution in [0.3, 0.4) is 0 Å². The van der Waals surface area contributed by atoms with Gasteiger partial charge in [-0.3, -0.25) is 4.79 Å². The second kappa shape index (κ2) is 7.40. The molecule has 0 heterocycles. The molecule has 1 aromatic rings. The lowest BCUT2D eigenvalue weighted by Gasteiger charge is -2.18. The summed E-state index contributed by atoms with van der Waals surface area (Å²) in [7, 11) is -2.33. The Morgan fingerprint density at radius 1 is 1.30 bits per heavy atom. The Balaban J connectivity index is 2.87. The van der Waals surface area contributed by atoms with Crippen LogP contribution in [0.25, 0.3) is 0 Å². The van der Waals surface area contributed by atoms with Gasteiger partial charge in [0.05, 0.1) is 12.9 Å². The van der Waals surface area contributed by atoms with Crippen LogP contribution in [-0.4, -0.2) is 39.5 Å². The van der Waals surface area contributed by atoms with Gasteiger partial charge in [0.2, 0.25) is 0 Å². The van der Waals surface area contributed by atoms with Crippen molar-refractivity contribution in [2.75, 3.05) is 25.2 Å². The SMILES string of the molecule is CCNC(CS(=O)(=O)CC(=O)OC)c1ccc(C)cc1. The van der Waals surface area contributed by atoms with E-state index in [0.29, 0.717) is 6.54 Å². The van der Waals surface area contributed by atoms with Gasteiger partial charge in [-0.15, -0.1) is 0 Å². The number of methoxy groups -OCH3 is 1. The fourth-order valence-corrected chi connectivity index (χ4v) is 3.28. The average Bonchev–Trinajstić information content (AvgIpc) is 2.38. The molecule has 0 amide bonds. The summed E-state index contributed by atoms with van der Waals surface area (Å²) in [4.78, 5) is 11.1. The van der Waals surface area contributed by atoms with Crippen LogP contribution in [0.1, 0.15) is 24.1 Å². The van der Waals surface area contributed by atoms with Crippen molar-refractivity contribution in [1.29, 1.82) is 0 Å². The van der Waals surface area contributed by atoms with Crippen molar-refractivity contribution in [3.05, 3.63) is 35.4 Å². The summed E-state index contributed by atoms with van der Waals surface area (Å²) < 4.78 is 28.4. The third-order valence-electron chi connectivity index (χ3n) is 2.92. The highest BCUT2D eigenvalue weighted by atomic mass is 32.2. The molecule has 1 aromatic carbocycles. The average molecular weight is 299 g/mol. The number of aryl methyl sites for hydroxylation is 1. The number of hydrogen-bond donors (Lipinski definition) is 1. The summed E-state index contributed by atoms with van der Waals surface area (Å²) in [6, 6.07) is 7.35. The van der Waals surface area contributed by atoms with Crippen LogP contribution >= 0.6 is 0 Å². The van der Waals surface area contributed by atoms with Crippen LogP contribution < -0.4 is 5.32 Å². The Morgan fingerprint density at radius 2 is 1.90 bits per heavy atom. The minimum absolute atomic E-state index is 0.126. The van der Waals surface area contributed by atoms with Crippen LogP contribution in [0.5, 0.6) is 0 Å². The molecular weight excluding hydrogens is 278 g/mol. The maximum atomic E-state index is 12.0. The molecule has 1 atom stereocenters. The highest BCUT2D eigenvalue weighted by molar-refractivity contribution is 7.92. The topological polar surface area (TPSA) is 72.5 Å². The third kappa shape index (κ3) is 5.30. The van der Waals surface area contributed by atoms with Gasteiger partial charge in [-0.25, -0.2) is 8.42 Å². The quantitative estimate of drug-likeness (QED) is 0.767. The molecule has 112 valence electrons. The van der Waals surface area contributed by atoms with E-state index in [2.05, 4.69) is 10.1 Å². The summed E-state index contributed by atoms with van der Waals surface area (Å²) in [6.07, 6.45) is 0. The summed E-state index contributed by atoms with van der Waals surface area (Å²) in [6.45, 7) is 4.53. The van der Waals surface area contributed by atoms with Gasteiger partial charge < -0.3 is 10.1 Å². The molecule has 0 aliphatic rings. The first kappa shape index (κ1) is 16.7. The number of hydrogen-bond acceptors (Lipinski definition) is 5. The zero-order chi connectivity index (χ0) is 15.2. The molecule has 20 heavy (non-hydrogen) atoms. The third-order valence-corrected chi connectivity index (χ3v) is 4.43. The number of sulfone groups is 1. The highest BCUT2D eigenvalue weighted by Crippen LogP contribution is 2.16. The highest BCUT2D eigenvalue weighted by Gasteiger charge is 2.23. The minimum Gasteiger partial charge on any atom is -0.468 e. The van der Waals surface area contributed by atoms with Crippen molar-refractivity contribution >= 4 is 15.8 Å². The molecule has 1 unspecified atom stereocenters. The van der Waals surface area contributed by atoms with Crippen molar-refractivity contribution in [2.45, 2.75) is 19.9 Å². The smallest absolute Gasteiger partial charge is 0.320 e. The fraction of sp³-hybridized carbons (Fsp3) is 0.500. The van der Waals surface area contributed by atoms with Crippen LogP contribution in [0.4, 0.5) is 0 Å². The van der Waals surface area contributed by atoms with Gasteiger partial charge >= 0.3 is 5.97 Å². The summed E-state index contributed by atoms with van der Waals surface area (Å²) >= 11 is 0. The molecule has 5 nitrogen and oxygen atoms in total. The number of rotatable bonds is 7. The molecule has 0 saturated heterocycles. The van der Waals surface area contributed by atoms with Crippen LogP contribution in [-0.2, 0) is 19.4 Å². The number of carbonyl (C=O) groups excluding carboxylic acids is 1. The largest absolute Gasteiger partial charge is 0.468 e. The number of benzene rings is 1. The van der Waals surface area contributed by atoms with E-state index in [1.165, 1.54) is 7.11 Å². The molecule has 0 spiro atoms. The van der Waals surface area contributed by atoms with E-state index in [1.54, 1.807) is 0 Å². The van der Waals surface area contributed by atoms with Crippen molar-refractivity contribution in [3.8, 4) is 0 Å². The maximum Gasteiger partial charge on any atom is 0.320 e. The molecule has 0 fully saturated rings. The molecule has 0 bridgehead atoms. The van der Waals surface area contributed by atoms with Crippen molar-refractivity contribution in [1.82, 2.24) is 5.32 Å². The predicted molar refractivity (Wildman–Crippen MR) is 78.3 cm³/mol. The Labute approximate surface area is 120 Å². The second-order valence-electron chi connectivity index (χ2n) is 4.65. The Hall–Kier alpha value is -1.40. The van der Waals surface area contributed by atoms with E-state index >= 15 is 0 Å². The molecule has 0 aliphatic carbocycles. The van der Waals surface area contributed by atoms with Crippen LogP contribution in [0.2, 0.25) is 0 Å². The van der Waals surface area contributed by atoms with E-state index in [4.69, 9.17) is 0 Å². The normalized spacial score (nSPS) is 12.9. The Bertz CT molecular complexity index is 537. The van der Waals surface area contributed by atoms with Crippen LogP contribution in [0.15, 0.2) is 24.3 Å². The second-order valence-corrected chi connectivity index (χ2v) is 6.76. The van der Waals surface area contributed by atoms with Gasteiger partial charge in [0, 0.05) is 6.04 Å². The first-order chi connectivity index (χ1) is 9.38. The first-order valence-electron chi connectivity index (χ1n) is 6.45. The molecule has 0 aliphatic heterocycles. The molecular formula is C14H21NO4S. The molecule has 1 N–H and O–H groups in total. The van der Waals surface area contributed by atoms with Gasteiger partial charge in [0.25, 0.3) is 0 Å². The molecule has 1 rings (SSSR count). The van der Waals surface area contributed by atoms with Gasteiger partial charge in [-0.2, -0.15) is 0 Å². The van der Waals surface area contributed by atoms with E-state index in [-0.39, 0.29) is 11.8 Å². The molecule has 0 radical (unpaired) electrons. The monoisotopic (exact) mass is 299 g/mol. The lowest BCUT2D eigenvalue weighted by molar-refractivity contribution is -0.137. The molecule has 0 aromatic heterocycles. The lowest BCUT2D eigenvalue weighted by Crippen LogP contribution is -2.31. The maximum absolute atomic E-state index is 12.0. The number of ether oxygens (including phenoxy) is 1. The number of esters is 1. The van der Waals surface area contributed by atoms with E-state index in [9.17, 15) is 13.2 Å². The zero-order valence-corrected chi connectivity index (χ0v) is 12.9. The predicted octanol–water partition coefficient (Wildman–Crippen LogP) is 1.23. The lowest BCUT2D eigenvalue weighted by atomic mass is 10.1. The Morgan fingerprint density at radius 3 is 2.40 bits per heavy atom. The summed E-state index contributed by atoms with van der Waals surface area (Å²) in [5, 5.41) is 3.13. The van der Waals surface area contributed by atoms with Crippen molar-refractivity contribution in [2.24, 2.45) is 0 Å². The molecule has 6 heteroatoms. The summed E-state index contributed by atoms with van der Waals surface area (Å²) in [5.41, 5.74) is 2.01. The number of nitrogens with one attached hydrogen (secondary N) is 1. The van der Waals surface area contributed by atoms with Gasteiger partial charge in [0.1, 0.15) is 5.75 Å². The minimum atomic E-state index is -3.51. The van der Waals surface area contributed by atoms with Crippen LogP contribution in [0, 0.1) is 6.92 Å². The standard InChI is InChI=1S/C14H21NO4S/c1-4-15-13(12-7-5-11(2)6-8-12)9-20(17,18)10-14(16)19-3/h5-8,13,15H,4,9-10H2,1-3H3. The van der Waals surface area contributed by atoms with E-state index < -0.39 is 21.6 Å². The fourth-order valence-electron chi connectivity index (χ4n) is 1.87. The van der Waals surface area contributed by atoms with E-state index in [1.807, 2.05) is 38.1 Å². The van der Waals surface area contributed by atoms with Gasteiger partial charge in [-0.1, -0.05) is 36.8 Å². The van der Waals surface area contributed by atoms with E-state index in [0.717, 1.165) is 11.1 Å². The van der Waals surface area contributed by atoms with Crippen molar-refractivity contribution < 1.29 is 17.9 Å². The van der Waals surface area contributed by atoms with Gasteiger partial charge in [-0.05, 0) is 19.0 Å². The number of carbonyl (C=O) groups is 1. The summed E-state index contributed by atoms with van der Waals surface area (Å²) in [5.74, 6) is -1.44.